The lowest BCUT2D eigenvalue weighted by molar-refractivity contribution is 0.0943. The fourth-order valence-corrected chi connectivity index (χ4v) is 3.23. The molecule has 0 fully saturated rings. The number of halogens is 1. The van der Waals surface area contributed by atoms with Crippen LogP contribution < -0.4 is 5.32 Å². The van der Waals surface area contributed by atoms with Crippen LogP contribution in [0.5, 0.6) is 0 Å². The highest BCUT2D eigenvalue weighted by atomic mass is 35.5. The number of pyridine rings is 1. The highest BCUT2D eigenvalue weighted by molar-refractivity contribution is 6.33. The number of carbonyl (C=O) groups excluding carboxylic acids is 1. The Bertz CT molecular complexity index is 1140. The molecule has 0 atom stereocenters. The van der Waals surface area contributed by atoms with Gasteiger partial charge in [-0.05, 0) is 48.9 Å². The van der Waals surface area contributed by atoms with E-state index in [1.54, 1.807) is 23.1 Å². The Morgan fingerprint density at radius 2 is 1.76 bits per heavy atom. The first-order valence-corrected chi connectivity index (χ1v) is 9.59. The van der Waals surface area contributed by atoms with Crippen LogP contribution in [0.1, 0.15) is 21.6 Å². The van der Waals surface area contributed by atoms with E-state index in [9.17, 15) is 4.79 Å². The fourth-order valence-electron chi connectivity index (χ4n) is 3.00. The van der Waals surface area contributed by atoms with E-state index in [2.05, 4.69) is 15.4 Å². The zero-order valence-corrected chi connectivity index (χ0v) is 16.6. The van der Waals surface area contributed by atoms with Gasteiger partial charge in [-0.2, -0.15) is 5.10 Å². The smallest absolute Gasteiger partial charge is 0.270 e. The molecular formula is C23H19ClN4O. The normalized spacial score (nSPS) is 10.7. The number of amides is 1. The second-order valence-electron chi connectivity index (χ2n) is 6.68. The molecule has 0 aliphatic carbocycles. The van der Waals surface area contributed by atoms with Gasteiger partial charge in [0, 0.05) is 24.5 Å². The van der Waals surface area contributed by atoms with E-state index in [0.29, 0.717) is 23.0 Å². The number of carbonyl (C=O) groups is 1. The molecule has 0 aliphatic heterocycles. The monoisotopic (exact) mass is 402 g/mol. The van der Waals surface area contributed by atoms with Crippen molar-refractivity contribution in [2.45, 2.75) is 13.5 Å². The van der Waals surface area contributed by atoms with Crippen LogP contribution in [0, 0.1) is 6.92 Å². The molecule has 0 bridgehead atoms. The van der Waals surface area contributed by atoms with Crippen molar-refractivity contribution in [3.63, 3.8) is 0 Å². The Kier molecular flexibility index (Phi) is 5.40. The van der Waals surface area contributed by atoms with E-state index in [1.165, 1.54) is 0 Å². The van der Waals surface area contributed by atoms with E-state index < -0.39 is 0 Å². The van der Waals surface area contributed by atoms with Crippen LogP contribution >= 0.6 is 11.6 Å². The van der Waals surface area contributed by atoms with Crippen LogP contribution in [0.25, 0.3) is 16.9 Å². The van der Waals surface area contributed by atoms with Crippen LogP contribution in [0.2, 0.25) is 5.02 Å². The van der Waals surface area contributed by atoms with Crippen LogP contribution in [0.4, 0.5) is 0 Å². The van der Waals surface area contributed by atoms with E-state index >= 15 is 0 Å². The number of benzene rings is 2. The minimum atomic E-state index is -0.215. The molecule has 4 aromatic rings. The van der Waals surface area contributed by atoms with Crippen LogP contribution in [-0.2, 0) is 6.54 Å². The maximum absolute atomic E-state index is 13.0. The van der Waals surface area contributed by atoms with Gasteiger partial charge < -0.3 is 5.32 Å². The van der Waals surface area contributed by atoms with Crippen LogP contribution in [-0.4, -0.2) is 20.7 Å². The van der Waals surface area contributed by atoms with Gasteiger partial charge in [-0.25, -0.2) is 4.68 Å². The van der Waals surface area contributed by atoms with Gasteiger partial charge in [0.05, 0.1) is 16.4 Å². The number of nitrogens with zero attached hydrogens (tertiary/aromatic N) is 3. The van der Waals surface area contributed by atoms with Crippen LogP contribution in [0.15, 0.2) is 79.1 Å². The Labute approximate surface area is 174 Å². The molecule has 144 valence electrons. The summed E-state index contributed by atoms with van der Waals surface area (Å²) >= 11 is 6.35. The molecule has 0 saturated heterocycles. The van der Waals surface area contributed by atoms with Crippen molar-refractivity contribution < 1.29 is 4.79 Å². The van der Waals surface area contributed by atoms with Crippen LogP contribution in [0.3, 0.4) is 0 Å². The number of hydrogen-bond donors (Lipinski definition) is 1. The summed E-state index contributed by atoms with van der Waals surface area (Å²) < 4.78 is 1.65. The lowest BCUT2D eigenvalue weighted by atomic mass is 10.1. The lowest BCUT2D eigenvalue weighted by Gasteiger charge is -2.09. The summed E-state index contributed by atoms with van der Waals surface area (Å²) in [5, 5.41) is 8.22. The summed E-state index contributed by atoms with van der Waals surface area (Å²) in [5.41, 5.74) is 4.78. The van der Waals surface area contributed by atoms with E-state index in [1.807, 2.05) is 67.6 Å². The molecule has 0 unspecified atom stereocenters. The Balaban J connectivity index is 1.71. The first-order chi connectivity index (χ1) is 14.1. The average molecular weight is 403 g/mol. The molecule has 1 N–H and O–H groups in total. The summed E-state index contributed by atoms with van der Waals surface area (Å²) in [6, 6.07) is 20.8. The summed E-state index contributed by atoms with van der Waals surface area (Å²) in [4.78, 5) is 17.0. The van der Waals surface area contributed by atoms with Crippen molar-refractivity contribution in [3.05, 3.63) is 101 Å². The first-order valence-electron chi connectivity index (χ1n) is 9.21. The third kappa shape index (κ3) is 4.20. The Morgan fingerprint density at radius 3 is 2.48 bits per heavy atom. The molecule has 6 heteroatoms. The van der Waals surface area contributed by atoms with Crippen molar-refractivity contribution >= 4 is 17.5 Å². The third-order valence-corrected chi connectivity index (χ3v) is 4.90. The molecule has 1 amide bonds. The van der Waals surface area contributed by atoms with Gasteiger partial charge in [0.15, 0.2) is 0 Å². The van der Waals surface area contributed by atoms with Crippen molar-refractivity contribution in [2.75, 3.05) is 0 Å². The third-order valence-electron chi connectivity index (χ3n) is 4.57. The second kappa shape index (κ2) is 8.29. The van der Waals surface area contributed by atoms with Crippen molar-refractivity contribution in [2.24, 2.45) is 0 Å². The SMILES string of the molecule is Cc1ccc(-n2nc(-c3ccccc3Cl)cc2C(=O)NCc2ccncc2)cc1. The number of nitrogens with one attached hydrogen (secondary N) is 1. The zero-order chi connectivity index (χ0) is 20.2. The minimum Gasteiger partial charge on any atom is -0.347 e. The van der Waals surface area contributed by atoms with E-state index in [4.69, 9.17) is 11.6 Å². The first kappa shape index (κ1) is 18.9. The molecule has 2 heterocycles. The number of rotatable bonds is 5. The van der Waals surface area contributed by atoms with Gasteiger partial charge >= 0.3 is 0 Å². The van der Waals surface area contributed by atoms with Gasteiger partial charge in [0.25, 0.3) is 5.91 Å². The molecule has 0 saturated carbocycles. The number of aromatic nitrogens is 3. The molecular weight excluding hydrogens is 384 g/mol. The molecule has 0 radical (unpaired) electrons. The predicted octanol–water partition coefficient (Wildman–Crippen LogP) is 4.83. The van der Waals surface area contributed by atoms with Gasteiger partial charge in [0.2, 0.25) is 0 Å². The Hall–Kier alpha value is -3.44. The number of aryl methyl sites for hydroxylation is 1. The van der Waals surface area contributed by atoms with Gasteiger partial charge in [-0.1, -0.05) is 47.5 Å². The molecule has 2 aromatic heterocycles. The summed E-state index contributed by atoms with van der Waals surface area (Å²) in [6.07, 6.45) is 3.40. The van der Waals surface area contributed by atoms with Crippen molar-refractivity contribution in [1.29, 1.82) is 0 Å². The van der Waals surface area contributed by atoms with Gasteiger partial charge in [-0.3, -0.25) is 9.78 Å². The Morgan fingerprint density at radius 1 is 1.03 bits per heavy atom. The van der Waals surface area contributed by atoms with Gasteiger partial charge in [-0.15, -0.1) is 0 Å². The molecule has 0 spiro atoms. The standard InChI is InChI=1S/C23H19ClN4O/c1-16-6-8-18(9-7-16)28-22(23(29)26-15-17-10-12-25-13-11-17)14-21(27-28)19-4-2-3-5-20(19)24/h2-14H,15H2,1H3,(H,26,29). The maximum Gasteiger partial charge on any atom is 0.270 e. The van der Waals surface area contributed by atoms with Gasteiger partial charge in [0.1, 0.15) is 5.69 Å². The van der Waals surface area contributed by atoms with Crippen molar-refractivity contribution in [3.8, 4) is 16.9 Å². The summed E-state index contributed by atoms with van der Waals surface area (Å²) in [6.45, 7) is 2.42. The zero-order valence-electron chi connectivity index (χ0n) is 15.8. The summed E-state index contributed by atoms with van der Waals surface area (Å²) in [5.74, 6) is -0.215. The average Bonchev–Trinajstić information content (AvgIpc) is 3.19. The van der Waals surface area contributed by atoms with E-state index in [0.717, 1.165) is 22.4 Å². The van der Waals surface area contributed by atoms with Crippen molar-refractivity contribution in [1.82, 2.24) is 20.1 Å². The maximum atomic E-state index is 13.0. The fraction of sp³-hybridized carbons (Fsp3) is 0.0870. The molecule has 2 aromatic carbocycles. The molecule has 5 nitrogen and oxygen atoms in total. The highest BCUT2D eigenvalue weighted by Gasteiger charge is 2.18. The number of hydrogen-bond acceptors (Lipinski definition) is 3. The topological polar surface area (TPSA) is 59.8 Å². The predicted molar refractivity (Wildman–Crippen MR) is 114 cm³/mol. The quantitative estimate of drug-likeness (QED) is 0.520. The molecule has 29 heavy (non-hydrogen) atoms. The van der Waals surface area contributed by atoms with E-state index in [-0.39, 0.29) is 5.91 Å². The largest absolute Gasteiger partial charge is 0.347 e. The second-order valence-corrected chi connectivity index (χ2v) is 7.09. The highest BCUT2D eigenvalue weighted by Crippen LogP contribution is 2.28. The molecule has 0 aliphatic rings. The summed E-state index contributed by atoms with van der Waals surface area (Å²) in [7, 11) is 0. The minimum absolute atomic E-state index is 0.215. The molecule has 4 rings (SSSR count). The lowest BCUT2D eigenvalue weighted by Crippen LogP contribution is -2.25.